The molecule has 2 aromatic heterocycles. The lowest BCUT2D eigenvalue weighted by Crippen LogP contribution is -1.89. The second kappa shape index (κ2) is 4.55. The molecule has 15 heavy (non-hydrogen) atoms. The van der Waals surface area contributed by atoms with Crippen molar-refractivity contribution in [1.29, 1.82) is 0 Å². The van der Waals surface area contributed by atoms with Gasteiger partial charge in [-0.25, -0.2) is 9.97 Å². The average Bonchev–Trinajstić information content (AvgIpc) is 2.22. The predicted octanol–water partition coefficient (Wildman–Crippen LogP) is 3.08. The summed E-state index contributed by atoms with van der Waals surface area (Å²) < 4.78 is 6.22. The number of pyridine rings is 1. The van der Waals surface area contributed by atoms with E-state index in [1.165, 1.54) is 12.4 Å². The molecule has 0 atom stereocenters. The smallest absolute Gasteiger partial charge is 0.238 e. The first-order chi connectivity index (χ1) is 7.24. The third-order valence-electron chi connectivity index (χ3n) is 1.50. The van der Waals surface area contributed by atoms with Gasteiger partial charge < -0.3 is 4.74 Å². The van der Waals surface area contributed by atoms with Gasteiger partial charge in [-0.15, -0.1) is 0 Å². The second-order valence-electron chi connectivity index (χ2n) is 2.62. The van der Waals surface area contributed by atoms with Crippen LogP contribution in [0.1, 0.15) is 0 Å². The number of halogens is 2. The van der Waals surface area contributed by atoms with Crippen LogP contribution in [-0.4, -0.2) is 15.0 Å². The van der Waals surface area contributed by atoms with Gasteiger partial charge in [-0.1, -0.05) is 11.6 Å². The van der Waals surface area contributed by atoms with Crippen molar-refractivity contribution in [2.75, 3.05) is 0 Å². The molecule has 0 aliphatic rings. The summed E-state index contributed by atoms with van der Waals surface area (Å²) in [6, 6.07) is 1.78. The maximum atomic E-state index is 5.59. The quantitative estimate of drug-likeness (QED) is 0.851. The molecule has 2 aromatic rings. The van der Waals surface area contributed by atoms with E-state index in [9.17, 15) is 0 Å². The molecule has 0 saturated carbocycles. The zero-order valence-electron chi connectivity index (χ0n) is 7.39. The molecular weight excluding hydrogens is 281 g/mol. The molecular formula is C9H5BrClN3O. The third kappa shape index (κ3) is 2.87. The molecule has 0 aliphatic carbocycles. The largest absolute Gasteiger partial charge is 0.436 e. The van der Waals surface area contributed by atoms with Crippen LogP contribution in [0.25, 0.3) is 0 Å². The fourth-order valence-electron chi connectivity index (χ4n) is 0.922. The maximum Gasteiger partial charge on any atom is 0.238 e. The van der Waals surface area contributed by atoms with Crippen LogP contribution in [0.5, 0.6) is 11.6 Å². The number of hydrogen-bond donors (Lipinski definition) is 0. The van der Waals surface area contributed by atoms with Gasteiger partial charge in [0, 0.05) is 10.7 Å². The SMILES string of the molecule is Clc1cnc(Oc2cncc(Br)c2)cn1. The molecule has 6 heteroatoms. The van der Waals surface area contributed by atoms with Gasteiger partial charge in [0.1, 0.15) is 10.9 Å². The van der Waals surface area contributed by atoms with E-state index in [-0.39, 0.29) is 0 Å². The lowest BCUT2D eigenvalue weighted by Gasteiger charge is -2.03. The summed E-state index contributed by atoms with van der Waals surface area (Å²) in [5, 5.41) is 0.328. The molecule has 0 aliphatic heterocycles. The molecule has 0 amide bonds. The van der Waals surface area contributed by atoms with E-state index in [0.29, 0.717) is 16.8 Å². The Bertz CT molecular complexity index is 463. The monoisotopic (exact) mass is 285 g/mol. The van der Waals surface area contributed by atoms with Gasteiger partial charge in [0.15, 0.2) is 0 Å². The Morgan fingerprint density at radius 1 is 1.13 bits per heavy atom. The highest BCUT2D eigenvalue weighted by Gasteiger charge is 2.00. The van der Waals surface area contributed by atoms with E-state index in [2.05, 4.69) is 30.9 Å². The molecule has 0 aromatic carbocycles. The van der Waals surface area contributed by atoms with Crippen molar-refractivity contribution in [3.63, 3.8) is 0 Å². The van der Waals surface area contributed by atoms with E-state index < -0.39 is 0 Å². The second-order valence-corrected chi connectivity index (χ2v) is 3.92. The fraction of sp³-hybridized carbons (Fsp3) is 0. The van der Waals surface area contributed by atoms with Gasteiger partial charge in [-0.05, 0) is 22.0 Å². The highest BCUT2D eigenvalue weighted by atomic mass is 79.9. The molecule has 2 heterocycles. The lowest BCUT2D eigenvalue weighted by atomic mass is 10.5. The van der Waals surface area contributed by atoms with Crippen LogP contribution in [-0.2, 0) is 0 Å². The summed E-state index contributed by atoms with van der Waals surface area (Å²) in [6.45, 7) is 0. The Morgan fingerprint density at radius 3 is 2.67 bits per heavy atom. The van der Waals surface area contributed by atoms with Crippen molar-refractivity contribution >= 4 is 27.5 Å². The molecule has 2 rings (SSSR count). The molecule has 0 unspecified atom stereocenters. The van der Waals surface area contributed by atoms with Crippen LogP contribution in [0.2, 0.25) is 5.15 Å². The summed E-state index contributed by atoms with van der Waals surface area (Å²) in [5.74, 6) is 0.959. The zero-order valence-corrected chi connectivity index (χ0v) is 9.73. The molecule has 0 spiro atoms. The Kier molecular flexibility index (Phi) is 3.13. The van der Waals surface area contributed by atoms with Crippen molar-refractivity contribution in [1.82, 2.24) is 15.0 Å². The highest BCUT2D eigenvalue weighted by Crippen LogP contribution is 2.21. The number of ether oxygens (including phenoxy) is 1. The van der Waals surface area contributed by atoms with Crippen molar-refractivity contribution in [3.8, 4) is 11.6 Å². The van der Waals surface area contributed by atoms with Crippen LogP contribution < -0.4 is 4.74 Å². The maximum absolute atomic E-state index is 5.59. The van der Waals surface area contributed by atoms with E-state index in [1.807, 2.05) is 0 Å². The molecule has 76 valence electrons. The van der Waals surface area contributed by atoms with Gasteiger partial charge in [-0.2, -0.15) is 0 Å². The normalized spacial score (nSPS) is 10.0. The molecule has 4 nitrogen and oxygen atoms in total. The first kappa shape index (κ1) is 10.3. The lowest BCUT2D eigenvalue weighted by molar-refractivity contribution is 0.457. The van der Waals surface area contributed by atoms with E-state index in [4.69, 9.17) is 16.3 Å². The van der Waals surface area contributed by atoms with Crippen molar-refractivity contribution in [2.45, 2.75) is 0 Å². The molecule has 0 radical (unpaired) electrons. The Hall–Kier alpha value is -1.20. The Labute approximate surface area is 99.4 Å². The molecule has 0 N–H and O–H groups in total. The van der Waals surface area contributed by atoms with Crippen LogP contribution in [0.15, 0.2) is 35.3 Å². The first-order valence-corrected chi connectivity index (χ1v) is 5.17. The van der Waals surface area contributed by atoms with Gasteiger partial charge in [0.25, 0.3) is 0 Å². The summed E-state index contributed by atoms with van der Waals surface area (Å²) in [6.07, 6.45) is 6.12. The van der Waals surface area contributed by atoms with Crippen LogP contribution in [0, 0.1) is 0 Å². The topological polar surface area (TPSA) is 47.9 Å². The highest BCUT2D eigenvalue weighted by molar-refractivity contribution is 9.10. The van der Waals surface area contributed by atoms with E-state index >= 15 is 0 Å². The van der Waals surface area contributed by atoms with Crippen LogP contribution >= 0.6 is 27.5 Å². The average molecular weight is 287 g/mol. The summed E-state index contributed by atoms with van der Waals surface area (Å²) >= 11 is 8.88. The minimum Gasteiger partial charge on any atom is -0.436 e. The Morgan fingerprint density at radius 2 is 2.00 bits per heavy atom. The number of nitrogens with zero attached hydrogens (tertiary/aromatic N) is 3. The number of aromatic nitrogens is 3. The summed E-state index contributed by atoms with van der Waals surface area (Å²) in [5.41, 5.74) is 0. The van der Waals surface area contributed by atoms with Crippen molar-refractivity contribution in [2.24, 2.45) is 0 Å². The molecule has 0 saturated heterocycles. The predicted molar refractivity (Wildman–Crippen MR) is 59.1 cm³/mol. The fourth-order valence-corrected chi connectivity index (χ4v) is 1.36. The standard InChI is InChI=1S/C9H5BrClN3O/c10-6-1-7(3-12-2-6)15-9-5-13-8(11)4-14-9/h1-5H. The van der Waals surface area contributed by atoms with Crippen LogP contribution in [0.3, 0.4) is 0 Å². The van der Waals surface area contributed by atoms with E-state index in [1.54, 1.807) is 18.5 Å². The zero-order chi connectivity index (χ0) is 10.7. The third-order valence-corrected chi connectivity index (χ3v) is 2.13. The van der Waals surface area contributed by atoms with Gasteiger partial charge in [0.05, 0.1) is 18.6 Å². The van der Waals surface area contributed by atoms with Gasteiger partial charge in [-0.3, -0.25) is 4.98 Å². The minimum absolute atomic E-state index is 0.328. The first-order valence-electron chi connectivity index (χ1n) is 4.00. The van der Waals surface area contributed by atoms with Crippen LogP contribution in [0.4, 0.5) is 0 Å². The Balaban J connectivity index is 2.18. The molecule has 0 fully saturated rings. The van der Waals surface area contributed by atoms with Crippen molar-refractivity contribution in [3.05, 3.63) is 40.5 Å². The van der Waals surface area contributed by atoms with Crippen molar-refractivity contribution < 1.29 is 4.74 Å². The van der Waals surface area contributed by atoms with Gasteiger partial charge in [0.2, 0.25) is 5.88 Å². The summed E-state index contributed by atoms with van der Waals surface area (Å²) in [4.78, 5) is 11.7. The number of rotatable bonds is 2. The van der Waals surface area contributed by atoms with Gasteiger partial charge >= 0.3 is 0 Å². The molecule has 0 bridgehead atoms. The minimum atomic E-state index is 0.328. The summed E-state index contributed by atoms with van der Waals surface area (Å²) in [7, 11) is 0. The van der Waals surface area contributed by atoms with E-state index in [0.717, 1.165) is 4.47 Å². The number of hydrogen-bond acceptors (Lipinski definition) is 4.